The Kier molecular flexibility index (Phi) is 4.29. The number of carbonyl (C=O) groups excluding carboxylic acids is 1. The molecule has 1 rings (SSSR count). The molecule has 1 fully saturated rings. The van der Waals surface area contributed by atoms with Crippen molar-refractivity contribution in [3.05, 3.63) is 0 Å². The number of hydrogen-bond donors (Lipinski definition) is 0. The van der Waals surface area contributed by atoms with E-state index in [0.717, 1.165) is 38.9 Å². The summed E-state index contributed by atoms with van der Waals surface area (Å²) < 4.78 is 0. The van der Waals surface area contributed by atoms with Crippen LogP contribution in [0.2, 0.25) is 0 Å². The Labute approximate surface area is 93.4 Å². The van der Waals surface area contributed by atoms with Crippen LogP contribution in [-0.2, 0) is 4.79 Å². The molecule has 15 heavy (non-hydrogen) atoms. The van der Waals surface area contributed by atoms with E-state index in [-0.39, 0.29) is 5.41 Å². The Balaban J connectivity index is 2.54. The van der Waals surface area contributed by atoms with Gasteiger partial charge >= 0.3 is 0 Å². The Bertz CT molecular complexity index is 220. The maximum absolute atomic E-state index is 11.1. The molecule has 0 aromatic rings. The minimum Gasteiger partial charge on any atom is -0.304 e. The SMILES string of the molecule is CCC(C)(C=O)CN1CCN(C)CC1C. The highest BCUT2D eigenvalue weighted by atomic mass is 16.1. The van der Waals surface area contributed by atoms with Crippen molar-refractivity contribution in [2.24, 2.45) is 5.41 Å². The first-order valence-electron chi connectivity index (χ1n) is 5.89. The molecule has 0 aliphatic carbocycles. The molecule has 88 valence electrons. The Morgan fingerprint density at radius 3 is 2.60 bits per heavy atom. The second-order valence-corrected chi connectivity index (χ2v) is 5.21. The first kappa shape index (κ1) is 12.7. The molecule has 1 saturated heterocycles. The molecular formula is C12H24N2O. The highest BCUT2D eigenvalue weighted by Gasteiger charge is 2.29. The third kappa shape index (κ3) is 3.28. The highest BCUT2D eigenvalue weighted by Crippen LogP contribution is 2.22. The second kappa shape index (κ2) is 5.08. The molecule has 0 spiro atoms. The Morgan fingerprint density at radius 2 is 2.13 bits per heavy atom. The summed E-state index contributed by atoms with van der Waals surface area (Å²) in [5, 5.41) is 0. The van der Waals surface area contributed by atoms with E-state index in [4.69, 9.17) is 0 Å². The predicted octanol–water partition coefficient (Wildman–Crippen LogP) is 1.24. The molecular weight excluding hydrogens is 188 g/mol. The van der Waals surface area contributed by atoms with Gasteiger partial charge in [0.1, 0.15) is 6.29 Å². The van der Waals surface area contributed by atoms with Crippen LogP contribution in [0.3, 0.4) is 0 Å². The lowest BCUT2D eigenvalue weighted by Crippen LogP contribution is -2.53. The number of nitrogens with zero attached hydrogens (tertiary/aromatic N) is 2. The highest BCUT2D eigenvalue weighted by molar-refractivity contribution is 5.58. The lowest BCUT2D eigenvalue weighted by Gasteiger charge is -2.41. The molecule has 0 aromatic heterocycles. The minimum atomic E-state index is -0.163. The van der Waals surface area contributed by atoms with Crippen molar-refractivity contribution < 1.29 is 4.79 Å². The van der Waals surface area contributed by atoms with Crippen LogP contribution >= 0.6 is 0 Å². The van der Waals surface area contributed by atoms with Gasteiger partial charge in [-0.15, -0.1) is 0 Å². The van der Waals surface area contributed by atoms with Crippen LogP contribution in [0.1, 0.15) is 27.2 Å². The van der Waals surface area contributed by atoms with Gasteiger partial charge in [-0.05, 0) is 20.4 Å². The van der Waals surface area contributed by atoms with Gasteiger partial charge in [-0.1, -0.05) is 13.8 Å². The van der Waals surface area contributed by atoms with Crippen molar-refractivity contribution in [2.75, 3.05) is 33.2 Å². The maximum atomic E-state index is 11.1. The average molecular weight is 212 g/mol. The van der Waals surface area contributed by atoms with Gasteiger partial charge in [0.15, 0.2) is 0 Å². The van der Waals surface area contributed by atoms with Gasteiger partial charge in [0.05, 0.1) is 0 Å². The van der Waals surface area contributed by atoms with Crippen molar-refractivity contribution in [1.82, 2.24) is 9.80 Å². The van der Waals surface area contributed by atoms with Crippen LogP contribution in [0.5, 0.6) is 0 Å². The van der Waals surface area contributed by atoms with Crippen molar-refractivity contribution in [1.29, 1.82) is 0 Å². The molecule has 1 heterocycles. The third-order valence-electron chi connectivity index (χ3n) is 3.62. The number of carbonyl (C=O) groups is 1. The van der Waals surface area contributed by atoms with E-state index in [2.05, 4.69) is 37.6 Å². The van der Waals surface area contributed by atoms with Crippen LogP contribution in [0.4, 0.5) is 0 Å². The molecule has 0 amide bonds. The van der Waals surface area contributed by atoms with E-state index in [9.17, 15) is 4.79 Å². The average Bonchev–Trinajstić information content (AvgIpc) is 2.22. The van der Waals surface area contributed by atoms with E-state index in [1.165, 1.54) is 0 Å². The molecule has 2 atom stereocenters. The normalized spacial score (nSPS) is 28.7. The quantitative estimate of drug-likeness (QED) is 0.655. The Morgan fingerprint density at radius 1 is 1.47 bits per heavy atom. The summed E-state index contributed by atoms with van der Waals surface area (Å²) in [6.45, 7) is 10.6. The van der Waals surface area contributed by atoms with Crippen molar-refractivity contribution in [3.63, 3.8) is 0 Å². The molecule has 0 radical (unpaired) electrons. The van der Waals surface area contributed by atoms with Gasteiger partial charge in [0.25, 0.3) is 0 Å². The lowest BCUT2D eigenvalue weighted by molar-refractivity contribution is -0.117. The minimum absolute atomic E-state index is 0.163. The van der Waals surface area contributed by atoms with E-state index in [1.54, 1.807) is 0 Å². The second-order valence-electron chi connectivity index (χ2n) is 5.21. The fourth-order valence-corrected chi connectivity index (χ4v) is 2.11. The van der Waals surface area contributed by atoms with Crippen molar-refractivity contribution >= 4 is 6.29 Å². The smallest absolute Gasteiger partial charge is 0.127 e. The van der Waals surface area contributed by atoms with Crippen LogP contribution in [-0.4, -0.2) is 55.4 Å². The van der Waals surface area contributed by atoms with Crippen LogP contribution in [0.15, 0.2) is 0 Å². The van der Waals surface area contributed by atoms with Crippen LogP contribution < -0.4 is 0 Å². The molecule has 3 heteroatoms. The number of piperazine rings is 1. The fraction of sp³-hybridized carbons (Fsp3) is 0.917. The largest absolute Gasteiger partial charge is 0.304 e. The summed E-state index contributed by atoms with van der Waals surface area (Å²) in [4.78, 5) is 15.9. The standard InChI is InChI=1S/C12H24N2O/c1-5-12(3,10-15)9-14-7-6-13(4)8-11(14)2/h10-11H,5-9H2,1-4H3. The first-order valence-corrected chi connectivity index (χ1v) is 5.89. The monoisotopic (exact) mass is 212 g/mol. The summed E-state index contributed by atoms with van der Waals surface area (Å²) >= 11 is 0. The molecule has 0 saturated carbocycles. The molecule has 3 nitrogen and oxygen atoms in total. The lowest BCUT2D eigenvalue weighted by atomic mass is 9.88. The summed E-state index contributed by atoms with van der Waals surface area (Å²) in [5.41, 5.74) is -0.163. The molecule has 0 aromatic carbocycles. The fourth-order valence-electron chi connectivity index (χ4n) is 2.11. The zero-order valence-electron chi connectivity index (χ0n) is 10.5. The number of likely N-dealkylation sites (N-methyl/N-ethyl adjacent to an activating group) is 1. The summed E-state index contributed by atoms with van der Waals surface area (Å²) in [7, 11) is 2.16. The van der Waals surface area contributed by atoms with Crippen molar-refractivity contribution in [3.8, 4) is 0 Å². The van der Waals surface area contributed by atoms with E-state index < -0.39 is 0 Å². The number of aldehydes is 1. The molecule has 1 aliphatic rings. The maximum Gasteiger partial charge on any atom is 0.127 e. The van der Waals surface area contributed by atoms with Crippen molar-refractivity contribution in [2.45, 2.75) is 33.2 Å². The van der Waals surface area contributed by atoms with E-state index in [0.29, 0.717) is 6.04 Å². The zero-order valence-corrected chi connectivity index (χ0v) is 10.5. The van der Waals surface area contributed by atoms with Gasteiger partial charge in [0.2, 0.25) is 0 Å². The predicted molar refractivity (Wildman–Crippen MR) is 63.0 cm³/mol. The summed E-state index contributed by atoms with van der Waals surface area (Å²) in [6.07, 6.45) is 2.05. The summed E-state index contributed by atoms with van der Waals surface area (Å²) in [5.74, 6) is 0. The number of rotatable bonds is 4. The third-order valence-corrected chi connectivity index (χ3v) is 3.62. The molecule has 1 aliphatic heterocycles. The summed E-state index contributed by atoms with van der Waals surface area (Å²) in [6, 6.07) is 0.564. The van der Waals surface area contributed by atoms with Crippen LogP contribution in [0, 0.1) is 5.41 Å². The van der Waals surface area contributed by atoms with E-state index in [1.807, 2.05) is 0 Å². The van der Waals surface area contributed by atoms with Gasteiger partial charge in [-0.3, -0.25) is 4.90 Å². The number of hydrogen-bond acceptors (Lipinski definition) is 3. The first-order chi connectivity index (χ1) is 7.00. The Hall–Kier alpha value is -0.410. The van der Waals surface area contributed by atoms with E-state index >= 15 is 0 Å². The van der Waals surface area contributed by atoms with Gasteiger partial charge in [0, 0.05) is 37.6 Å². The molecule has 0 bridgehead atoms. The van der Waals surface area contributed by atoms with Gasteiger partial charge < -0.3 is 9.69 Å². The van der Waals surface area contributed by atoms with Crippen LogP contribution in [0.25, 0.3) is 0 Å². The van der Waals surface area contributed by atoms with Gasteiger partial charge in [-0.2, -0.15) is 0 Å². The zero-order chi connectivity index (χ0) is 11.5. The van der Waals surface area contributed by atoms with Gasteiger partial charge in [-0.25, -0.2) is 0 Å². The molecule has 2 unspecified atom stereocenters. The topological polar surface area (TPSA) is 23.6 Å². The molecule has 0 N–H and O–H groups in total.